The molecule has 0 unspecified atom stereocenters. The van der Waals surface area contributed by atoms with Gasteiger partial charge in [0.25, 0.3) is 0 Å². The lowest BCUT2D eigenvalue weighted by Gasteiger charge is -2.10. The van der Waals surface area contributed by atoms with E-state index in [4.69, 9.17) is 11.5 Å². The number of carbonyl (C=O) groups is 1. The van der Waals surface area contributed by atoms with Gasteiger partial charge in [-0.15, -0.1) is 0 Å². The fourth-order valence-corrected chi connectivity index (χ4v) is 2.63. The molecule has 0 aliphatic carbocycles. The summed E-state index contributed by atoms with van der Waals surface area (Å²) in [7, 11) is 0. The first-order chi connectivity index (χ1) is 10.1. The standard InChI is InChI=1S/C18H16N2O/c1-11-6-7-12-4-2-3-5-16(12)17(11)18(21)13-8-14(19)10-15(20)9-13/h2-10H,19-20H2,1H3. The van der Waals surface area contributed by atoms with Crippen molar-refractivity contribution in [1.82, 2.24) is 0 Å². The Balaban J connectivity index is 2.24. The van der Waals surface area contributed by atoms with Crippen molar-refractivity contribution in [1.29, 1.82) is 0 Å². The molecule has 0 atom stereocenters. The second kappa shape index (κ2) is 4.94. The van der Waals surface area contributed by atoms with E-state index in [0.717, 1.165) is 16.3 Å². The van der Waals surface area contributed by atoms with Gasteiger partial charge in [-0.25, -0.2) is 0 Å². The van der Waals surface area contributed by atoms with Crippen LogP contribution in [0, 0.1) is 6.92 Å². The maximum absolute atomic E-state index is 12.9. The summed E-state index contributed by atoms with van der Waals surface area (Å²) >= 11 is 0. The predicted molar refractivity (Wildman–Crippen MR) is 87.4 cm³/mol. The summed E-state index contributed by atoms with van der Waals surface area (Å²) in [4.78, 5) is 12.9. The first kappa shape index (κ1) is 13.2. The monoisotopic (exact) mass is 276 g/mol. The first-order valence-corrected chi connectivity index (χ1v) is 6.75. The molecular weight excluding hydrogens is 260 g/mol. The maximum atomic E-state index is 12.9. The number of carbonyl (C=O) groups excluding carboxylic acids is 1. The summed E-state index contributed by atoms with van der Waals surface area (Å²) in [5.41, 5.74) is 14.8. The molecule has 0 bridgehead atoms. The summed E-state index contributed by atoms with van der Waals surface area (Å²) in [5.74, 6) is -0.0525. The molecule has 3 nitrogen and oxygen atoms in total. The summed E-state index contributed by atoms with van der Waals surface area (Å²) in [6.45, 7) is 1.94. The molecule has 0 spiro atoms. The SMILES string of the molecule is Cc1ccc2ccccc2c1C(=O)c1cc(N)cc(N)c1. The summed E-state index contributed by atoms with van der Waals surface area (Å²) in [5, 5.41) is 1.99. The maximum Gasteiger partial charge on any atom is 0.194 e. The van der Waals surface area contributed by atoms with Crippen LogP contribution in [-0.4, -0.2) is 5.78 Å². The van der Waals surface area contributed by atoms with Gasteiger partial charge in [0, 0.05) is 22.5 Å². The molecule has 0 aliphatic heterocycles. The van der Waals surface area contributed by atoms with Gasteiger partial charge < -0.3 is 11.5 Å². The number of ketones is 1. The van der Waals surface area contributed by atoms with Crippen molar-refractivity contribution in [3.8, 4) is 0 Å². The van der Waals surface area contributed by atoms with Gasteiger partial charge in [-0.05, 0) is 41.5 Å². The van der Waals surface area contributed by atoms with Crippen LogP contribution < -0.4 is 11.5 Å². The van der Waals surface area contributed by atoms with Gasteiger partial charge >= 0.3 is 0 Å². The van der Waals surface area contributed by atoms with E-state index >= 15 is 0 Å². The van der Waals surface area contributed by atoms with Crippen molar-refractivity contribution in [3.63, 3.8) is 0 Å². The van der Waals surface area contributed by atoms with E-state index in [1.807, 2.05) is 43.3 Å². The lowest BCUT2D eigenvalue weighted by Crippen LogP contribution is -2.06. The van der Waals surface area contributed by atoms with Gasteiger partial charge in [0.05, 0.1) is 0 Å². The average molecular weight is 276 g/mol. The zero-order chi connectivity index (χ0) is 15.0. The Bertz CT molecular complexity index is 833. The van der Waals surface area contributed by atoms with Crippen LogP contribution >= 0.6 is 0 Å². The molecule has 0 saturated heterocycles. The largest absolute Gasteiger partial charge is 0.399 e. The molecule has 3 aromatic rings. The zero-order valence-electron chi connectivity index (χ0n) is 11.8. The predicted octanol–water partition coefficient (Wildman–Crippen LogP) is 3.54. The zero-order valence-corrected chi connectivity index (χ0v) is 11.8. The van der Waals surface area contributed by atoms with E-state index in [1.54, 1.807) is 18.2 Å². The highest BCUT2D eigenvalue weighted by Crippen LogP contribution is 2.26. The molecule has 3 aromatic carbocycles. The van der Waals surface area contributed by atoms with Crippen molar-refractivity contribution in [3.05, 3.63) is 71.3 Å². The van der Waals surface area contributed by atoms with Crippen molar-refractivity contribution in [2.24, 2.45) is 0 Å². The van der Waals surface area contributed by atoms with Gasteiger partial charge in [-0.2, -0.15) is 0 Å². The molecule has 3 heteroatoms. The first-order valence-electron chi connectivity index (χ1n) is 6.75. The Morgan fingerprint density at radius 3 is 2.29 bits per heavy atom. The smallest absolute Gasteiger partial charge is 0.194 e. The molecule has 3 rings (SSSR count). The molecule has 0 aliphatic rings. The van der Waals surface area contributed by atoms with E-state index in [2.05, 4.69) is 0 Å². The lowest BCUT2D eigenvalue weighted by molar-refractivity contribution is 0.104. The van der Waals surface area contributed by atoms with E-state index in [0.29, 0.717) is 22.5 Å². The minimum Gasteiger partial charge on any atom is -0.399 e. The van der Waals surface area contributed by atoms with Crippen LogP contribution in [0.25, 0.3) is 10.8 Å². The summed E-state index contributed by atoms with van der Waals surface area (Å²) in [6.07, 6.45) is 0. The number of hydrogen-bond acceptors (Lipinski definition) is 3. The van der Waals surface area contributed by atoms with Crippen molar-refractivity contribution in [2.45, 2.75) is 6.92 Å². The molecule has 21 heavy (non-hydrogen) atoms. The van der Waals surface area contributed by atoms with Crippen LogP contribution in [0.4, 0.5) is 11.4 Å². The number of rotatable bonds is 2. The number of fused-ring (bicyclic) bond motifs is 1. The second-order valence-electron chi connectivity index (χ2n) is 5.20. The number of nitrogen functional groups attached to an aromatic ring is 2. The van der Waals surface area contributed by atoms with E-state index in [1.165, 1.54) is 0 Å². The Hall–Kier alpha value is -2.81. The van der Waals surface area contributed by atoms with Crippen molar-refractivity contribution in [2.75, 3.05) is 11.5 Å². The fourth-order valence-electron chi connectivity index (χ4n) is 2.63. The molecule has 104 valence electrons. The Morgan fingerprint density at radius 1 is 0.905 bits per heavy atom. The topological polar surface area (TPSA) is 69.1 Å². The Labute approximate surface area is 123 Å². The highest BCUT2D eigenvalue weighted by atomic mass is 16.1. The van der Waals surface area contributed by atoms with Crippen LogP contribution in [0.1, 0.15) is 21.5 Å². The number of aryl methyl sites for hydroxylation is 1. The third-order valence-electron chi connectivity index (χ3n) is 3.60. The molecule has 0 saturated carbocycles. The van der Waals surface area contributed by atoms with Crippen LogP contribution in [-0.2, 0) is 0 Å². The van der Waals surface area contributed by atoms with Crippen LogP contribution in [0.15, 0.2) is 54.6 Å². The third-order valence-corrected chi connectivity index (χ3v) is 3.60. The van der Waals surface area contributed by atoms with Gasteiger partial charge in [0.2, 0.25) is 0 Å². The van der Waals surface area contributed by atoms with Gasteiger partial charge in [-0.1, -0.05) is 36.4 Å². The molecule has 0 aromatic heterocycles. The van der Waals surface area contributed by atoms with Gasteiger partial charge in [0.1, 0.15) is 0 Å². The second-order valence-corrected chi connectivity index (χ2v) is 5.20. The van der Waals surface area contributed by atoms with Gasteiger partial charge in [0.15, 0.2) is 5.78 Å². The minimum absolute atomic E-state index is 0.0525. The normalized spacial score (nSPS) is 10.7. The highest BCUT2D eigenvalue weighted by Gasteiger charge is 2.16. The Morgan fingerprint density at radius 2 is 1.57 bits per heavy atom. The molecule has 0 radical (unpaired) electrons. The third kappa shape index (κ3) is 2.34. The lowest BCUT2D eigenvalue weighted by atomic mass is 9.93. The molecular formula is C18H16N2O. The van der Waals surface area contributed by atoms with Crippen LogP contribution in [0.5, 0.6) is 0 Å². The van der Waals surface area contributed by atoms with Gasteiger partial charge in [-0.3, -0.25) is 4.79 Å². The number of hydrogen-bond donors (Lipinski definition) is 2. The Kier molecular flexibility index (Phi) is 3.10. The molecule has 0 fully saturated rings. The van der Waals surface area contributed by atoms with E-state index in [-0.39, 0.29) is 5.78 Å². The van der Waals surface area contributed by atoms with E-state index < -0.39 is 0 Å². The average Bonchev–Trinajstić information content (AvgIpc) is 2.45. The van der Waals surface area contributed by atoms with Crippen molar-refractivity contribution >= 4 is 27.9 Å². The minimum atomic E-state index is -0.0525. The van der Waals surface area contributed by atoms with Crippen molar-refractivity contribution < 1.29 is 4.79 Å². The fraction of sp³-hybridized carbons (Fsp3) is 0.0556. The quantitative estimate of drug-likeness (QED) is 0.555. The number of anilines is 2. The van der Waals surface area contributed by atoms with Crippen LogP contribution in [0.2, 0.25) is 0 Å². The number of benzene rings is 3. The summed E-state index contributed by atoms with van der Waals surface area (Å²) < 4.78 is 0. The van der Waals surface area contributed by atoms with Crippen LogP contribution in [0.3, 0.4) is 0 Å². The molecule has 0 heterocycles. The molecule has 4 N–H and O–H groups in total. The number of nitrogens with two attached hydrogens (primary N) is 2. The highest BCUT2D eigenvalue weighted by molar-refractivity contribution is 6.17. The van der Waals surface area contributed by atoms with E-state index in [9.17, 15) is 4.79 Å². The molecule has 0 amide bonds. The summed E-state index contributed by atoms with van der Waals surface area (Å²) in [6, 6.07) is 16.8.